The molecule has 4 aromatic rings. The first-order valence-corrected chi connectivity index (χ1v) is 12.7. The second kappa shape index (κ2) is 10.3. The minimum atomic E-state index is -0.387. The zero-order chi connectivity index (χ0) is 24.2. The van der Waals surface area contributed by atoms with E-state index in [0.29, 0.717) is 10.5 Å². The number of nitrogens with zero attached hydrogens (tertiary/aromatic N) is 1. The number of amides is 2. The first-order chi connectivity index (χ1) is 17.1. The molecule has 1 aliphatic rings. The number of rotatable bonds is 5. The van der Waals surface area contributed by atoms with Crippen molar-refractivity contribution in [1.82, 2.24) is 10.4 Å². The number of halogens is 1. The van der Waals surface area contributed by atoms with E-state index in [1.54, 1.807) is 12.1 Å². The van der Waals surface area contributed by atoms with Gasteiger partial charge in [0.05, 0.1) is 4.91 Å². The largest absolute Gasteiger partial charge is 0.280 e. The van der Waals surface area contributed by atoms with Gasteiger partial charge in [-0.2, -0.15) is 0 Å². The summed E-state index contributed by atoms with van der Waals surface area (Å²) < 4.78 is 0.909. The van der Waals surface area contributed by atoms with E-state index in [-0.39, 0.29) is 17.2 Å². The summed E-state index contributed by atoms with van der Waals surface area (Å²) in [6.45, 7) is 0. The molecule has 0 saturated carbocycles. The summed E-state index contributed by atoms with van der Waals surface area (Å²) in [5, 5.41) is 1.04. The monoisotopic (exact) mass is 540 g/mol. The third kappa shape index (κ3) is 5.24. The lowest BCUT2D eigenvalue weighted by Crippen LogP contribution is -2.44. The fraction of sp³-hybridized carbons (Fsp3) is 0.0345. The van der Waals surface area contributed by atoms with Gasteiger partial charge in [0, 0.05) is 10.0 Å². The van der Waals surface area contributed by atoms with Crippen LogP contribution in [0.15, 0.2) is 119 Å². The molecule has 35 heavy (non-hydrogen) atoms. The van der Waals surface area contributed by atoms with Crippen molar-refractivity contribution in [3.63, 3.8) is 0 Å². The molecule has 0 spiro atoms. The van der Waals surface area contributed by atoms with Gasteiger partial charge in [0.25, 0.3) is 11.8 Å². The minimum Gasteiger partial charge on any atom is -0.267 e. The Kier molecular flexibility index (Phi) is 6.84. The molecular formula is C29H21BrN2O2S. The number of carbonyl (C=O) groups excluding carboxylic acids is 2. The van der Waals surface area contributed by atoms with Crippen molar-refractivity contribution in [3.8, 4) is 11.1 Å². The predicted octanol–water partition coefficient (Wildman–Crippen LogP) is 7.08. The molecule has 172 valence electrons. The molecular weight excluding hydrogens is 520 g/mol. The Balaban J connectivity index is 1.42. The summed E-state index contributed by atoms with van der Waals surface area (Å²) in [7, 11) is 0. The van der Waals surface area contributed by atoms with Crippen LogP contribution in [0.4, 0.5) is 0 Å². The number of hydrazine groups is 1. The zero-order valence-electron chi connectivity index (χ0n) is 18.6. The molecule has 0 aliphatic carbocycles. The van der Waals surface area contributed by atoms with Crippen molar-refractivity contribution < 1.29 is 9.59 Å². The van der Waals surface area contributed by atoms with Crippen molar-refractivity contribution in [2.75, 3.05) is 0 Å². The van der Waals surface area contributed by atoms with E-state index >= 15 is 0 Å². The first kappa shape index (κ1) is 23.1. The molecule has 4 nitrogen and oxygen atoms in total. The summed E-state index contributed by atoms with van der Waals surface area (Å²) in [5.74, 6) is -0.572. The lowest BCUT2D eigenvalue weighted by Gasteiger charge is -2.24. The molecule has 1 atom stereocenters. The van der Waals surface area contributed by atoms with E-state index < -0.39 is 0 Å². The standard InChI is InChI=1S/C29H21BrN2O2S/c30-25-13-7-12-24(19-25)29-32(28(34)26(35-29)18-20-8-3-1-4-9-20)31-27(33)23-16-14-22(15-17-23)21-10-5-2-6-11-21/h1-19,29H,(H,31,33)/b26-18+. The Labute approximate surface area is 216 Å². The van der Waals surface area contributed by atoms with Crippen LogP contribution in [0.25, 0.3) is 17.2 Å². The van der Waals surface area contributed by atoms with Crippen molar-refractivity contribution in [2.45, 2.75) is 5.37 Å². The highest BCUT2D eigenvalue weighted by Gasteiger charge is 2.38. The van der Waals surface area contributed by atoms with Gasteiger partial charge in [-0.3, -0.25) is 15.0 Å². The van der Waals surface area contributed by atoms with E-state index in [4.69, 9.17) is 0 Å². The van der Waals surface area contributed by atoms with Crippen molar-refractivity contribution in [1.29, 1.82) is 0 Å². The molecule has 4 aromatic carbocycles. The Morgan fingerprint density at radius 2 is 1.49 bits per heavy atom. The van der Waals surface area contributed by atoms with E-state index in [2.05, 4.69) is 21.4 Å². The Bertz CT molecular complexity index is 1390. The highest BCUT2D eigenvalue weighted by molar-refractivity contribution is 9.10. The van der Waals surface area contributed by atoms with Crippen LogP contribution < -0.4 is 5.43 Å². The topological polar surface area (TPSA) is 49.4 Å². The average molecular weight is 541 g/mol. The average Bonchev–Trinajstić information content (AvgIpc) is 3.20. The van der Waals surface area contributed by atoms with Crippen LogP contribution in [-0.2, 0) is 4.79 Å². The lowest BCUT2D eigenvalue weighted by molar-refractivity contribution is -0.128. The Morgan fingerprint density at radius 3 is 2.17 bits per heavy atom. The number of carbonyl (C=O) groups is 2. The van der Waals surface area contributed by atoms with Gasteiger partial charge in [0.15, 0.2) is 0 Å². The van der Waals surface area contributed by atoms with Crippen molar-refractivity contribution in [3.05, 3.63) is 135 Å². The third-order valence-electron chi connectivity index (χ3n) is 5.61. The second-order valence-electron chi connectivity index (χ2n) is 8.00. The summed E-state index contributed by atoms with van der Waals surface area (Å²) in [4.78, 5) is 27.1. The molecule has 1 saturated heterocycles. The first-order valence-electron chi connectivity index (χ1n) is 11.1. The highest BCUT2D eigenvalue weighted by Crippen LogP contribution is 2.45. The molecule has 1 unspecified atom stereocenters. The van der Waals surface area contributed by atoms with Gasteiger partial charge >= 0.3 is 0 Å². The summed E-state index contributed by atoms with van der Waals surface area (Å²) in [6, 6.07) is 34.8. The van der Waals surface area contributed by atoms with Crippen molar-refractivity contribution in [2.24, 2.45) is 0 Å². The number of hydrogen-bond donors (Lipinski definition) is 1. The van der Waals surface area contributed by atoms with Gasteiger partial charge < -0.3 is 0 Å². The molecule has 2 amide bonds. The maximum Gasteiger partial charge on any atom is 0.280 e. The van der Waals surface area contributed by atoms with Crippen LogP contribution in [0.5, 0.6) is 0 Å². The maximum atomic E-state index is 13.4. The van der Waals surface area contributed by atoms with Crippen LogP contribution in [0.3, 0.4) is 0 Å². The molecule has 0 aromatic heterocycles. The summed E-state index contributed by atoms with van der Waals surface area (Å²) in [6.07, 6.45) is 1.86. The number of nitrogens with one attached hydrogen (secondary N) is 1. The Hall–Kier alpha value is -3.61. The number of hydrogen-bond acceptors (Lipinski definition) is 3. The Morgan fingerprint density at radius 1 is 0.829 bits per heavy atom. The minimum absolute atomic E-state index is 0.238. The van der Waals surface area contributed by atoms with E-state index in [1.165, 1.54) is 16.8 Å². The zero-order valence-corrected chi connectivity index (χ0v) is 21.0. The van der Waals surface area contributed by atoms with E-state index in [9.17, 15) is 9.59 Å². The molecule has 0 radical (unpaired) electrons. The lowest BCUT2D eigenvalue weighted by atomic mass is 10.0. The molecule has 6 heteroatoms. The molecule has 1 heterocycles. The fourth-order valence-electron chi connectivity index (χ4n) is 3.85. The SMILES string of the molecule is O=C(NN1C(=O)/C(=C\c2ccccc2)SC1c1cccc(Br)c1)c1ccc(-c2ccccc2)cc1. The van der Waals surface area contributed by atoms with Crippen LogP contribution in [0.1, 0.15) is 26.9 Å². The normalized spacial score (nSPS) is 16.5. The number of thioether (sulfide) groups is 1. The summed E-state index contributed by atoms with van der Waals surface area (Å²) in [5.41, 5.74) is 7.28. The molecule has 1 aliphatic heterocycles. The van der Waals surface area contributed by atoms with Gasteiger partial charge in [0.2, 0.25) is 0 Å². The van der Waals surface area contributed by atoms with Crippen molar-refractivity contribution >= 4 is 45.6 Å². The van der Waals surface area contributed by atoms with Crippen LogP contribution in [-0.4, -0.2) is 16.8 Å². The van der Waals surface area contributed by atoms with Crippen LogP contribution >= 0.6 is 27.7 Å². The van der Waals surface area contributed by atoms with E-state index in [1.807, 2.05) is 103 Å². The van der Waals surface area contributed by atoms with Crippen LogP contribution in [0.2, 0.25) is 0 Å². The van der Waals surface area contributed by atoms with Gasteiger partial charge in [-0.1, -0.05) is 113 Å². The molecule has 1 fully saturated rings. The smallest absolute Gasteiger partial charge is 0.267 e. The number of benzene rings is 4. The summed E-state index contributed by atoms with van der Waals surface area (Å²) >= 11 is 4.93. The molecule has 5 rings (SSSR count). The maximum absolute atomic E-state index is 13.4. The van der Waals surface area contributed by atoms with Gasteiger partial charge in [-0.15, -0.1) is 0 Å². The second-order valence-corrected chi connectivity index (χ2v) is 10.0. The van der Waals surface area contributed by atoms with Gasteiger partial charge in [-0.05, 0) is 52.6 Å². The highest BCUT2D eigenvalue weighted by atomic mass is 79.9. The molecule has 1 N–H and O–H groups in total. The van der Waals surface area contributed by atoms with Crippen LogP contribution in [0, 0.1) is 0 Å². The third-order valence-corrected chi connectivity index (χ3v) is 7.36. The fourth-order valence-corrected chi connectivity index (χ4v) is 5.45. The predicted molar refractivity (Wildman–Crippen MR) is 145 cm³/mol. The van der Waals surface area contributed by atoms with Gasteiger partial charge in [-0.25, -0.2) is 5.01 Å². The molecule has 0 bridgehead atoms. The quantitative estimate of drug-likeness (QED) is 0.275. The van der Waals surface area contributed by atoms with E-state index in [0.717, 1.165) is 26.7 Å². The van der Waals surface area contributed by atoms with Gasteiger partial charge in [0.1, 0.15) is 5.37 Å².